The van der Waals surface area contributed by atoms with Crippen molar-refractivity contribution in [3.63, 3.8) is 0 Å². The molecule has 0 aromatic rings. The standard InChI is InChI=1S/C9H20O3/c1-7(2)4-8(3)12-9(5-10)6-11/h7-11H,4-6H2,1-3H3. The molecule has 0 aliphatic rings. The van der Waals surface area contributed by atoms with Crippen molar-refractivity contribution >= 4 is 0 Å². The predicted molar refractivity (Wildman–Crippen MR) is 48.0 cm³/mol. The first kappa shape index (κ1) is 11.9. The topological polar surface area (TPSA) is 49.7 Å². The zero-order chi connectivity index (χ0) is 9.56. The van der Waals surface area contributed by atoms with Crippen LogP contribution >= 0.6 is 0 Å². The Kier molecular flexibility index (Phi) is 6.34. The molecule has 2 N–H and O–H groups in total. The van der Waals surface area contributed by atoms with E-state index in [2.05, 4.69) is 13.8 Å². The quantitative estimate of drug-likeness (QED) is 0.629. The summed E-state index contributed by atoms with van der Waals surface area (Å²) in [5.74, 6) is 0.582. The van der Waals surface area contributed by atoms with Gasteiger partial charge in [0.15, 0.2) is 0 Å². The van der Waals surface area contributed by atoms with Crippen molar-refractivity contribution < 1.29 is 14.9 Å². The second-order valence-electron chi connectivity index (χ2n) is 3.56. The smallest absolute Gasteiger partial charge is 0.104 e. The zero-order valence-corrected chi connectivity index (χ0v) is 8.16. The lowest BCUT2D eigenvalue weighted by atomic mass is 10.1. The van der Waals surface area contributed by atoms with E-state index in [0.29, 0.717) is 5.92 Å². The lowest BCUT2D eigenvalue weighted by molar-refractivity contribution is -0.0620. The molecule has 0 heterocycles. The van der Waals surface area contributed by atoms with Crippen LogP contribution in [0.4, 0.5) is 0 Å². The maximum atomic E-state index is 8.72. The van der Waals surface area contributed by atoms with Crippen LogP contribution in [0.3, 0.4) is 0 Å². The number of aliphatic hydroxyl groups excluding tert-OH is 2. The number of aliphatic hydroxyl groups is 2. The Hall–Kier alpha value is -0.120. The molecular weight excluding hydrogens is 156 g/mol. The van der Waals surface area contributed by atoms with Gasteiger partial charge in [0, 0.05) is 0 Å². The number of rotatable bonds is 6. The molecule has 0 aromatic heterocycles. The first-order chi connectivity index (χ1) is 5.60. The number of hydrogen-bond acceptors (Lipinski definition) is 3. The Balaban J connectivity index is 3.58. The van der Waals surface area contributed by atoms with E-state index in [4.69, 9.17) is 14.9 Å². The number of hydrogen-bond donors (Lipinski definition) is 2. The van der Waals surface area contributed by atoms with E-state index in [1.54, 1.807) is 0 Å². The minimum atomic E-state index is -0.418. The van der Waals surface area contributed by atoms with E-state index >= 15 is 0 Å². The van der Waals surface area contributed by atoms with Crippen molar-refractivity contribution in [2.45, 2.75) is 39.4 Å². The molecule has 0 saturated carbocycles. The first-order valence-electron chi connectivity index (χ1n) is 4.47. The van der Waals surface area contributed by atoms with Gasteiger partial charge in [-0.3, -0.25) is 0 Å². The van der Waals surface area contributed by atoms with E-state index in [9.17, 15) is 0 Å². The van der Waals surface area contributed by atoms with Crippen molar-refractivity contribution in [1.29, 1.82) is 0 Å². The Morgan fingerprint density at radius 2 is 1.58 bits per heavy atom. The summed E-state index contributed by atoms with van der Waals surface area (Å²) >= 11 is 0. The molecule has 1 atom stereocenters. The van der Waals surface area contributed by atoms with Crippen LogP contribution in [-0.4, -0.2) is 35.6 Å². The van der Waals surface area contributed by atoms with Gasteiger partial charge in [-0.1, -0.05) is 13.8 Å². The van der Waals surface area contributed by atoms with Gasteiger partial charge in [0.25, 0.3) is 0 Å². The Morgan fingerprint density at radius 1 is 1.08 bits per heavy atom. The molecule has 0 spiro atoms. The summed E-state index contributed by atoms with van der Waals surface area (Å²) in [5, 5.41) is 17.4. The summed E-state index contributed by atoms with van der Waals surface area (Å²) < 4.78 is 5.36. The fraction of sp³-hybridized carbons (Fsp3) is 1.00. The Bertz CT molecular complexity index is 99.9. The second-order valence-corrected chi connectivity index (χ2v) is 3.56. The second kappa shape index (κ2) is 6.40. The minimum absolute atomic E-state index is 0.106. The van der Waals surface area contributed by atoms with Crippen LogP contribution in [-0.2, 0) is 4.74 Å². The lowest BCUT2D eigenvalue weighted by Gasteiger charge is -2.20. The molecule has 0 aromatic carbocycles. The maximum absolute atomic E-state index is 8.72. The third-order valence-electron chi connectivity index (χ3n) is 1.64. The monoisotopic (exact) mass is 176 g/mol. The Labute approximate surface area is 74.4 Å². The molecule has 0 amide bonds. The highest BCUT2D eigenvalue weighted by Crippen LogP contribution is 2.09. The largest absolute Gasteiger partial charge is 0.394 e. The molecular formula is C9H20O3. The van der Waals surface area contributed by atoms with Crippen LogP contribution in [0.25, 0.3) is 0 Å². The summed E-state index contributed by atoms with van der Waals surface area (Å²) in [6.07, 6.45) is 0.643. The third kappa shape index (κ3) is 5.52. The third-order valence-corrected chi connectivity index (χ3v) is 1.64. The van der Waals surface area contributed by atoms with Gasteiger partial charge in [-0.05, 0) is 19.3 Å². The molecule has 0 radical (unpaired) electrons. The van der Waals surface area contributed by atoms with E-state index in [1.807, 2.05) is 6.92 Å². The lowest BCUT2D eigenvalue weighted by Crippen LogP contribution is -2.27. The van der Waals surface area contributed by atoms with Crippen LogP contribution in [0, 0.1) is 5.92 Å². The van der Waals surface area contributed by atoms with Gasteiger partial charge in [0.2, 0.25) is 0 Å². The highest BCUT2D eigenvalue weighted by molar-refractivity contribution is 4.59. The van der Waals surface area contributed by atoms with Gasteiger partial charge < -0.3 is 14.9 Å². The van der Waals surface area contributed by atoms with Crippen molar-refractivity contribution in [2.24, 2.45) is 5.92 Å². The van der Waals surface area contributed by atoms with Crippen LogP contribution in [0.15, 0.2) is 0 Å². The first-order valence-corrected chi connectivity index (χ1v) is 4.47. The minimum Gasteiger partial charge on any atom is -0.394 e. The Morgan fingerprint density at radius 3 is 1.92 bits per heavy atom. The number of ether oxygens (including phenoxy) is 1. The van der Waals surface area contributed by atoms with Gasteiger partial charge >= 0.3 is 0 Å². The van der Waals surface area contributed by atoms with Crippen molar-refractivity contribution in [1.82, 2.24) is 0 Å². The molecule has 0 aliphatic carbocycles. The molecule has 0 rings (SSSR count). The average Bonchev–Trinajstić information content (AvgIpc) is 1.98. The summed E-state index contributed by atoms with van der Waals surface area (Å²) in [6, 6.07) is 0. The molecule has 0 bridgehead atoms. The molecule has 3 nitrogen and oxygen atoms in total. The van der Waals surface area contributed by atoms with Crippen molar-refractivity contribution in [3.8, 4) is 0 Å². The molecule has 0 fully saturated rings. The van der Waals surface area contributed by atoms with E-state index in [0.717, 1.165) is 6.42 Å². The summed E-state index contributed by atoms with van der Waals surface area (Å²) in [6.45, 7) is 5.97. The van der Waals surface area contributed by atoms with E-state index < -0.39 is 6.10 Å². The highest BCUT2D eigenvalue weighted by atomic mass is 16.5. The fourth-order valence-electron chi connectivity index (χ4n) is 1.19. The normalized spacial score (nSPS) is 14.2. The summed E-state index contributed by atoms with van der Waals surface area (Å²) in [4.78, 5) is 0. The van der Waals surface area contributed by atoms with Gasteiger partial charge in [0.05, 0.1) is 19.3 Å². The summed E-state index contributed by atoms with van der Waals surface area (Å²) in [5.41, 5.74) is 0. The van der Waals surface area contributed by atoms with Gasteiger partial charge in [-0.25, -0.2) is 0 Å². The van der Waals surface area contributed by atoms with Crippen LogP contribution in [0.2, 0.25) is 0 Å². The van der Waals surface area contributed by atoms with Gasteiger partial charge in [-0.15, -0.1) is 0 Å². The van der Waals surface area contributed by atoms with Crippen molar-refractivity contribution in [3.05, 3.63) is 0 Å². The molecule has 12 heavy (non-hydrogen) atoms. The van der Waals surface area contributed by atoms with E-state index in [-0.39, 0.29) is 19.3 Å². The van der Waals surface area contributed by atoms with Crippen molar-refractivity contribution in [2.75, 3.05) is 13.2 Å². The highest BCUT2D eigenvalue weighted by Gasteiger charge is 2.12. The molecule has 1 unspecified atom stereocenters. The van der Waals surface area contributed by atoms with Crippen LogP contribution < -0.4 is 0 Å². The SMILES string of the molecule is CC(C)CC(C)OC(CO)CO. The summed E-state index contributed by atoms with van der Waals surface area (Å²) in [7, 11) is 0. The molecule has 0 aliphatic heterocycles. The van der Waals surface area contributed by atoms with Crippen LogP contribution in [0.1, 0.15) is 27.2 Å². The predicted octanol–water partition coefficient (Wildman–Crippen LogP) is 0.791. The zero-order valence-electron chi connectivity index (χ0n) is 8.16. The molecule has 0 saturated heterocycles. The van der Waals surface area contributed by atoms with Crippen LogP contribution in [0.5, 0.6) is 0 Å². The van der Waals surface area contributed by atoms with E-state index in [1.165, 1.54) is 0 Å². The molecule has 74 valence electrons. The van der Waals surface area contributed by atoms with Gasteiger partial charge in [0.1, 0.15) is 6.10 Å². The average molecular weight is 176 g/mol. The van der Waals surface area contributed by atoms with Gasteiger partial charge in [-0.2, -0.15) is 0 Å². The maximum Gasteiger partial charge on any atom is 0.104 e. The fourth-order valence-corrected chi connectivity index (χ4v) is 1.19. The molecule has 3 heteroatoms.